The van der Waals surface area contributed by atoms with E-state index in [0.29, 0.717) is 56.6 Å². The molecule has 3 aromatic rings. The molecular formula is C27H29FN2O4. The number of H-pyrrole nitrogens is 1. The summed E-state index contributed by atoms with van der Waals surface area (Å²) in [5.74, 6) is 0.574. The van der Waals surface area contributed by atoms with Crippen LogP contribution in [0.3, 0.4) is 0 Å². The van der Waals surface area contributed by atoms with Gasteiger partial charge in [0.2, 0.25) is 0 Å². The number of benzene rings is 1. The van der Waals surface area contributed by atoms with Gasteiger partial charge in [0.15, 0.2) is 5.78 Å². The van der Waals surface area contributed by atoms with Crippen LogP contribution in [0.2, 0.25) is 0 Å². The van der Waals surface area contributed by atoms with Crippen molar-refractivity contribution in [3.05, 3.63) is 70.9 Å². The summed E-state index contributed by atoms with van der Waals surface area (Å²) in [7, 11) is 1.61. The first-order valence-corrected chi connectivity index (χ1v) is 11.5. The Kier molecular flexibility index (Phi) is 7.53. The number of carbonyl (C=O) groups excluding carboxylic acids is 2. The van der Waals surface area contributed by atoms with E-state index < -0.39 is 0 Å². The molecule has 1 aromatic carbocycles. The number of nitrogens with zero attached hydrogens (tertiary/aromatic N) is 1. The summed E-state index contributed by atoms with van der Waals surface area (Å²) in [4.78, 5) is 32.5. The van der Waals surface area contributed by atoms with Crippen LogP contribution >= 0.6 is 0 Å². The third-order valence-corrected chi connectivity index (χ3v) is 6.20. The van der Waals surface area contributed by atoms with Gasteiger partial charge < -0.3 is 19.3 Å². The van der Waals surface area contributed by atoms with Crippen molar-refractivity contribution < 1.29 is 23.5 Å². The number of aromatic amines is 1. The number of pyridine rings is 1. The molecule has 0 bridgehead atoms. The standard InChI is InChI=1S/C27H29FN2O4/c1-17(31)6-7-19-14-23-26(24(32)15-19)22(13-18-4-3-5-20(28)12-18)27(30-23)21-8-9-29-16-25(21)34-11-10-33-2/h3-5,8-9,12,16,19,30H,6-7,10-11,13-15H2,1-2H3. The molecule has 178 valence electrons. The van der Waals surface area contributed by atoms with Crippen LogP contribution in [0.1, 0.15) is 53.4 Å². The fraction of sp³-hybridized carbons (Fsp3) is 0.370. The molecule has 2 aromatic heterocycles. The number of aromatic nitrogens is 2. The third kappa shape index (κ3) is 5.42. The zero-order chi connectivity index (χ0) is 24.1. The maximum absolute atomic E-state index is 13.9. The average molecular weight is 465 g/mol. The Labute approximate surface area is 198 Å². The van der Waals surface area contributed by atoms with Gasteiger partial charge in [-0.1, -0.05) is 12.1 Å². The summed E-state index contributed by atoms with van der Waals surface area (Å²) < 4.78 is 24.9. The third-order valence-electron chi connectivity index (χ3n) is 6.20. The fourth-order valence-corrected chi connectivity index (χ4v) is 4.62. The van der Waals surface area contributed by atoms with Gasteiger partial charge >= 0.3 is 0 Å². The van der Waals surface area contributed by atoms with Crippen LogP contribution < -0.4 is 4.74 Å². The average Bonchev–Trinajstić information content (AvgIpc) is 3.16. The number of methoxy groups -OCH3 is 1. The molecule has 1 unspecified atom stereocenters. The first kappa shape index (κ1) is 23.8. The Hall–Kier alpha value is -3.32. The number of ketones is 2. The van der Waals surface area contributed by atoms with Crippen molar-refractivity contribution in [1.29, 1.82) is 0 Å². The zero-order valence-corrected chi connectivity index (χ0v) is 19.5. The van der Waals surface area contributed by atoms with Gasteiger partial charge in [-0.15, -0.1) is 0 Å². The quantitative estimate of drug-likeness (QED) is 0.430. The molecule has 1 atom stereocenters. The second kappa shape index (κ2) is 10.7. The van der Waals surface area contributed by atoms with E-state index in [0.717, 1.165) is 28.1 Å². The molecule has 6 nitrogen and oxygen atoms in total. The summed E-state index contributed by atoms with van der Waals surface area (Å²) in [5, 5.41) is 0. The minimum atomic E-state index is -0.313. The summed E-state index contributed by atoms with van der Waals surface area (Å²) >= 11 is 0. The highest BCUT2D eigenvalue weighted by molar-refractivity contribution is 6.02. The van der Waals surface area contributed by atoms with Gasteiger partial charge in [0.1, 0.15) is 24.0 Å². The zero-order valence-electron chi connectivity index (χ0n) is 19.5. The van der Waals surface area contributed by atoms with Crippen molar-refractivity contribution in [3.8, 4) is 17.0 Å². The van der Waals surface area contributed by atoms with Gasteiger partial charge in [0, 0.05) is 49.4 Å². The first-order valence-electron chi connectivity index (χ1n) is 11.5. The Balaban J connectivity index is 1.77. The molecule has 2 heterocycles. The minimum Gasteiger partial charge on any atom is -0.489 e. The van der Waals surface area contributed by atoms with E-state index in [1.165, 1.54) is 12.1 Å². The largest absolute Gasteiger partial charge is 0.489 e. The molecule has 7 heteroatoms. The summed E-state index contributed by atoms with van der Waals surface area (Å²) in [6.07, 6.45) is 5.99. The number of ether oxygens (including phenoxy) is 2. The molecule has 0 saturated heterocycles. The van der Waals surface area contributed by atoms with Crippen molar-refractivity contribution >= 4 is 11.6 Å². The number of nitrogens with one attached hydrogen (secondary N) is 1. The summed E-state index contributed by atoms with van der Waals surface area (Å²) in [5.41, 5.74) is 4.73. The lowest BCUT2D eigenvalue weighted by molar-refractivity contribution is -0.117. The number of halogens is 1. The van der Waals surface area contributed by atoms with Crippen molar-refractivity contribution in [1.82, 2.24) is 9.97 Å². The molecule has 0 amide bonds. The number of carbonyl (C=O) groups is 2. The van der Waals surface area contributed by atoms with E-state index in [1.807, 2.05) is 12.1 Å². The van der Waals surface area contributed by atoms with E-state index in [2.05, 4.69) is 9.97 Å². The minimum absolute atomic E-state index is 0.0552. The SMILES string of the molecule is COCCOc1cnccc1-c1[nH]c2c(c1Cc1cccc(F)c1)C(=O)CC(CCC(C)=O)C2. The van der Waals surface area contributed by atoms with Crippen LogP contribution in [-0.2, 0) is 22.4 Å². The fourth-order valence-electron chi connectivity index (χ4n) is 4.62. The van der Waals surface area contributed by atoms with Gasteiger partial charge in [-0.05, 0) is 55.0 Å². The van der Waals surface area contributed by atoms with E-state index in [4.69, 9.17) is 9.47 Å². The topological polar surface area (TPSA) is 81.3 Å². The van der Waals surface area contributed by atoms with Gasteiger partial charge in [0.25, 0.3) is 0 Å². The highest BCUT2D eigenvalue weighted by atomic mass is 19.1. The normalized spacial score (nSPS) is 15.3. The van der Waals surface area contributed by atoms with Gasteiger partial charge in [-0.25, -0.2) is 4.39 Å². The summed E-state index contributed by atoms with van der Waals surface area (Å²) in [6, 6.07) is 8.29. The predicted molar refractivity (Wildman–Crippen MR) is 127 cm³/mol. The van der Waals surface area contributed by atoms with Crippen molar-refractivity contribution in [2.45, 2.75) is 39.0 Å². The Bertz CT molecular complexity index is 1190. The summed E-state index contributed by atoms with van der Waals surface area (Å²) in [6.45, 7) is 2.37. The first-order chi connectivity index (χ1) is 16.5. The Morgan fingerprint density at radius 1 is 1.24 bits per heavy atom. The molecule has 34 heavy (non-hydrogen) atoms. The second-order valence-corrected chi connectivity index (χ2v) is 8.79. The van der Waals surface area contributed by atoms with Crippen molar-refractivity contribution in [3.63, 3.8) is 0 Å². The molecule has 0 saturated carbocycles. The Morgan fingerprint density at radius 3 is 2.85 bits per heavy atom. The lowest BCUT2D eigenvalue weighted by Gasteiger charge is -2.21. The van der Waals surface area contributed by atoms with Crippen molar-refractivity contribution in [2.75, 3.05) is 20.3 Å². The van der Waals surface area contributed by atoms with Gasteiger partial charge in [0.05, 0.1) is 18.5 Å². The molecule has 0 radical (unpaired) electrons. The van der Waals surface area contributed by atoms with E-state index in [1.54, 1.807) is 32.5 Å². The van der Waals surface area contributed by atoms with Crippen LogP contribution in [0, 0.1) is 11.7 Å². The lowest BCUT2D eigenvalue weighted by Crippen LogP contribution is -2.21. The molecule has 1 N–H and O–H groups in total. The maximum atomic E-state index is 13.9. The number of hydrogen-bond acceptors (Lipinski definition) is 5. The lowest BCUT2D eigenvalue weighted by atomic mass is 9.81. The van der Waals surface area contributed by atoms with E-state index >= 15 is 0 Å². The molecule has 1 aliphatic carbocycles. The smallest absolute Gasteiger partial charge is 0.165 e. The van der Waals surface area contributed by atoms with Crippen LogP contribution in [0.25, 0.3) is 11.3 Å². The van der Waals surface area contributed by atoms with Crippen LogP contribution in [-0.4, -0.2) is 41.9 Å². The number of hydrogen-bond donors (Lipinski definition) is 1. The predicted octanol–water partition coefficient (Wildman–Crippen LogP) is 4.95. The highest BCUT2D eigenvalue weighted by Crippen LogP contribution is 2.39. The second-order valence-electron chi connectivity index (χ2n) is 8.79. The number of rotatable bonds is 10. The highest BCUT2D eigenvalue weighted by Gasteiger charge is 2.32. The van der Waals surface area contributed by atoms with Crippen LogP contribution in [0.5, 0.6) is 5.75 Å². The molecule has 1 aliphatic rings. The monoisotopic (exact) mass is 464 g/mol. The Morgan fingerprint density at radius 2 is 2.09 bits per heavy atom. The molecule has 0 aliphatic heterocycles. The maximum Gasteiger partial charge on any atom is 0.165 e. The molecular weight excluding hydrogens is 435 g/mol. The molecule has 4 rings (SSSR count). The van der Waals surface area contributed by atoms with E-state index in [-0.39, 0.29) is 23.3 Å². The number of Topliss-reactive ketones (excluding diaryl/α,β-unsaturated/α-hetero) is 2. The van der Waals surface area contributed by atoms with E-state index in [9.17, 15) is 14.0 Å². The number of fused-ring (bicyclic) bond motifs is 1. The van der Waals surface area contributed by atoms with Crippen molar-refractivity contribution in [2.24, 2.45) is 5.92 Å². The van der Waals surface area contributed by atoms with Crippen LogP contribution in [0.15, 0.2) is 42.7 Å². The van der Waals surface area contributed by atoms with Crippen LogP contribution in [0.4, 0.5) is 4.39 Å². The molecule has 0 fully saturated rings. The van der Waals surface area contributed by atoms with Gasteiger partial charge in [-0.3, -0.25) is 9.78 Å². The molecule has 0 spiro atoms. The van der Waals surface area contributed by atoms with Gasteiger partial charge in [-0.2, -0.15) is 0 Å².